The fraction of sp³-hybridized carbons (Fsp3) is 0.357. The molecule has 1 aromatic carbocycles. The van der Waals surface area contributed by atoms with Crippen LogP contribution < -0.4 is 10.6 Å². The summed E-state index contributed by atoms with van der Waals surface area (Å²) < 4.78 is 0. The van der Waals surface area contributed by atoms with Gasteiger partial charge in [-0.25, -0.2) is 9.59 Å². The Bertz CT molecular complexity index is 513. The second-order valence-electron chi connectivity index (χ2n) is 4.64. The molecule has 4 N–H and O–H groups in total. The van der Waals surface area contributed by atoms with Gasteiger partial charge in [-0.1, -0.05) is 17.7 Å². The number of amides is 2. The van der Waals surface area contributed by atoms with E-state index in [0.717, 1.165) is 5.56 Å². The van der Waals surface area contributed by atoms with Crippen LogP contribution in [0.15, 0.2) is 24.3 Å². The van der Waals surface area contributed by atoms with Crippen molar-refractivity contribution in [2.45, 2.75) is 32.2 Å². The second kappa shape index (κ2) is 7.88. The van der Waals surface area contributed by atoms with Crippen LogP contribution in [-0.2, 0) is 9.59 Å². The van der Waals surface area contributed by atoms with Crippen molar-refractivity contribution in [1.29, 1.82) is 0 Å². The highest BCUT2D eigenvalue weighted by Crippen LogP contribution is 2.09. The molecule has 0 fully saturated rings. The van der Waals surface area contributed by atoms with E-state index in [1.165, 1.54) is 0 Å². The Kier molecular flexibility index (Phi) is 6.19. The van der Waals surface area contributed by atoms with Gasteiger partial charge >= 0.3 is 18.0 Å². The summed E-state index contributed by atoms with van der Waals surface area (Å²) in [6, 6.07) is 5.29. The number of carbonyl (C=O) groups excluding carboxylic acids is 1. The minimum atomic E-state index is -1.19. The number of carbonyl (C=O) groups is 3. The maximum atomic E-state index is 11.7. The van der Waals surface area contributed by atoms with Crippen molar-refractivity contribution in [3.05, 3.63) is 29.8 Å². The van der Waals surface area contributed by atoms with Crippen molar-refractivity contribution < 1.29 is 24.6 Å². The van der Waals surface area contributed by atoms with Gasteiger partial charge in [0.1, 0.15) is 6.04 Å². The molecule has 0 aliphatic rings. The topological polar surface area (TPSA) is 116 Å². The van der Waals surface area contributed by atoms with Gasteiger partial charge in [-0.05, 0) is 31.9 Å². The molecule has 21 heavy (non-hydrogen) atoms. The van der Waals surface area contributed by atoms with Crippen LogP contribution in [0.2, 0.25) is 0 Å². The quantitative estimate of drug-likeness (QED) is 0.612. The fourth-order valence-electron chi connectivity index (χ4n) is 1.68. The zero-order chi connectivity index (χ0) is 15.8. The van der Waals surface area contributed by atoms with Gasteiger partial charge < -0.3 is 20.8 Å². The van der Waals surface area contributed by atoms with Crippen molar-refractivity contribution in [2.24, 2.45) is 0 Å². The lowest BCUT2D eigenvalue weighted by atomic mass is 10.1. The molecule has 0 spiro atoms. The van der Waals surface area contributed by atoms with Gasteiger partial charge in [0.15, 0.2) is 0 Å². The summed E-state index contributed by atoms with van der Waals surface area (Å²) in [6.45, 7) is 1.91. The van der Waals surface area contributed by atoms with E-state index < -0.39 is 24.0 Å². The number of aliphatic carboxylic acids is 2. The van der Waals surface area contributed by atoms with E-state index >= 15 is 0 Å². The number of urea groups is 1. The SMILES string of the molecule is Cc1ccc(NC(=O)N[C@H](CCCC(=O)O)C(=O)O)cc1. The summed E-state index contributed by atoms with van der Waals surface area (Å²) in [5.41, 5.74) is 1.59. The molecule has 0 aliphatic heterocycles. The Balaban J connectivity index is 2.50. The van der Waals surface area contributed by atoms with Crippen LogP contribution in [0.4, 0.5) is 10.5 Å². The number of nitrogens with one attached hydrogen (secondary N) is 2. The molecule has 2 amide bonds. The average Bonchev–Trinajstić information content (AvgIpc) is 2.39. The van der Waals surface area contributed by atoms with Crippen LogP contribution in [0, 0.1) is 6.92 Å². The maximum Gasteiger partial charge on any atom is 0.326 e. The molecule has 1 aromatic rings. The third kappa shape index (κ3) is 6.42. The third-order valence-corrected chi connectivity index (χ3v) is 2.80. The van der Waals surface area contributed by atoms with E-state index in [-0.39, 0.29) is 19.3 Å². The molecule has 0 radical (unpaired) electrons. The first kappa shape index (κ1) is 16.5. The number of hydrogen-bond donors (Lipinski definition) is 4. The normalized spacial score (nSPS) is 11.5. The van der Waals surface area contributed by atoms with E-state index in [2.05, 4.69) is 10.6 Å². The molecule has 0 heterocycles. The van der Waals surface area contributed by atoms with Gasteiger partial charge in [-0.15, -0.1) is 0 Å². The smallest absolute Gasteiger partial charge is 0.326 e. The molecule has 114 valence electrons. The molecule has 0 aromatic heterocycles. The van der Waals surface area contributed by atoms with Crippen molar-refractivity contribution >= 4 is 23.7 Å². The Morgan fingerprint density at radius 1 is 1.14 bits per heavy atom. The van der Waals surface area contributed by atoms with Crippen molar-refractivity contribution in [3.8, 4) is 0 Å². The zero-order valence-electron chi connectivity index (χ0n) is 11.6. The van der Waals surface area contributed by atoms with Crippen LogP contribution in [0.5, 0.6) is 0 Å². The predicted molar refractivity (Wildman–Crippen MR) is 76.2 cm³/mol. The lowest BCUT2D eigenvalue weighted by Crippen LogP contribution is -2.43. The van der Waals surface area contributed by atoms with Crippen molar-refractivity contribution in [3.63, 3.8) is 0 Å². The lowest BCUT2D eigenvalue weighted by molar-refractivity contribution is -0.140. The molecule has 0 bridgehead atoms. The van der Waals surface area contributed by atoms with Crippen LogP contribution in [0.3, 0.4) is 0 Å². The highest BCUT2D eigenvalue weighted by atomic mass is 16.4. The average molecular weight is 294 g/mol. The van der Waals surface area contributed by atoms with Gasteiger partial charge in [-0.3, -0.25) is 4.79 Å². The van der Waals surface area contributed by atoms with Crippen molar-refractivity contribution in [1.82, 2.24) is 5.32 Å². The number of hydrogen-bond acceptors (Lipinski definition) is 3. The molecule has 0 aliphatic carbocycles. The van der Waals surface area contributed by atoms with E-state index in [1.807, 2.05) is 19.1 Å². The molecule has 0 saturated heterocycles. The molecule has 0 unspecified atom stereocenters. The maximum absolute atomic E-state index is 11.7. The molecule has 0 saturated carbocycles. The molecule has 7 heteroatoms. The lowest BCUT2D eigenvalue weighted by Gasteiger charge is -2.14. The largest absolute Gasteiger partial charge is 0.481 e. The Morgan fingerprint density at radius 3 is 2.29 bits per heavy atom. The minimum Gasteiger partial charge on any atom is -0.481 e. The Hall–Kier alpha value is -2.57. The van der Waals surface area contributed by atoms with Crippen molar-refractivity contribution in [2.75, 3.05) is 5.32 Å². The predicted octanol–water partition coefficient (Wildman–Crippen LogP) is 1.82. The number of benzene rings is 1. The van der Waals surface area contributed by atoms with E-state index in [4.69, 9.17) is 10.2 Å². The van der Waals surface area contributed by atoms with Gasteiger partial charge in [-0.2, -0.15) is 0 Å². The summed E-state index contributed by atoms with van der Waals surface area (Å²) in [6.07, 6.45) is 0.102. The van der Waals surface area contributed by atoms with Gasteiger partial charge in [0.2, 0.25) is 0 Å². The molecule has 1 rings (SSSR count). The van der Waals surface area contributed by atoms with Crippen LogP contribution in [0.25, 0.3) is 0 Å². The van der Waals surface area contributed by atoms with Gasteiger partial charge in [0.05, 0.1) is 0 Å². The molecule has 1 atom stereocenters. The minimum absolute atomic E-state index is 0.0585. The van der Waals surface area contributed by atoms with Gasteiger partial charge in [0, 0.05) is 12.1 Å². The van der Waals surface area contributed by atoms with Crippen LogP contribution in [0.1, 0.15) is 24.8 Å². The molecular weight excluding hydrogens is 276 g/mol. The summed E-state index contributed by atoms with van der Waals surface area (Å²) in [5.74, 6) is -2.19. The van der Waals surface area contributed by atoms with E-state index in [1.54, 1.807) is 12.1 Å². The first-order valence-electron chi connectivity index (χ1n) is 6.47. The van der Waals surface area contributed by atoms with Gasteiger partial charge in [0.25, 0.3) is 0 Å². The highest BCUT2D eigenvalue weighted by Gasteiger charge is 2.19. The summed E-state index contributed by atoms with van der Waals surface area (Å²) >= 11 is 0. The zero-order valence-corrected chi connectivity index (χ0v) is 11.6. The third-order valence-electron chi connectivity index (χ3n) is 2.80. The van der Waals surface area contributed by atoms with Crippen LogP contribution >= 0.6 is 0 Å². The first-order chi connectivity index (χ1) is 9.88. The second-order valence-corrected chi connectivity index (χ2v) is 4.64. The summed E-state index contributed by atoms with van der Waals surface area (Å²) in [5, 5.41) is 22.4. The Morgan fingerprint density at radius 2 is 1.76 bits per heavy atom. The number of rotatable bonds is 7. The molecular formula is C14H18N2O5. The first-order valence-corrected chi connectivity index (χ1v) is 6.47. The van der Waals surface area contributed by atoms with E-state index in [9.17, 15) is 14.4 Å². The number of anilines is 1. The highest BCUT2D eigenvalue weighted by molar-refractivity contribution is 5.92. The monoisotopic (exact) mass is 294 g/mol. The molecule has 7 nitrogen and oxygen atoms in total. The number of carboxylic acid groups (broad SMARTS) is 2. The number of carboxylic acids is 2. The summed E-state index contributed by atoms with van der Waals surface area (Å²) in [4.78, 5) is 33.1. The summed E-state index contributed by atoms with van der Waals surface area (Å²) in [7, 11) is 0. The number of aryl methyl sites for hydroxylation is 1. The standard InChI is InChI=1S/C14H18N2O5/c1-9-5-7-10(8-6-9)15-14(21)16-11(13(19)20)3-2-4-12(17)18/h5-8,11H,2-4H2,1H3,(H,17,18)(H,19,20)(H2,15,16,21)/t11-/m1/s1. The van der Waals surface area contributed by atoms with E-state index in [0.29, 0.717) is 5.69 Å². The fourth-order valence-corrected chi connectivity index (χ4v) is 1.68. The van der Waals surface area contributed by atoms with Crippen LogP contribution in [-0.4, -0.2) is 34.2 Å². The Labute approximate surface area is 122 Å².